The van der Waals surface area contributed by atoms with Crippen molar-refractivity contribution in [3.05, 3.63) is 46.6 Å². The fraction of sp³-hybridized carbons (Fsp3) is 0.389. The number of rotatable bonds is 6. The molecule has 1 N–H and O–H groups in total. The van der Waals surface area contributed by atoms with Crippen molar-refractivity contribution in [2.24, 2.45) is 0 Å². The normalized spacial score (nSPS) is 10.5. The van der Waals surface area contributed by atoms with Crippen molar-refractivity contribution in [2.45, 2.75) is 31.7 Å². The molecule has 6 heteroatoms. The molecule has 1 aromatic carbocycles. The highest BCUT2D eigenvalue weighted by Gasteiger charge is 2.11. The Balaban J connectivity index is 2.14. The van der Waals surface area contributed by atoms with E-state index in [9.17, 15) is 4.79 Å². The fourth-order valence-corrected chi connectivity index (χ4v) is 3.13. The van der Waals surface area contributed by atoms with Crippen LogP contribution < -0.4 is 10.2 Å². The summed E-state index contributed by atoms with van der Waals surface area (Å²) in [4.78, 5) is 23.1. The maximum atomic E-state index is 11.9. The molecule has 1 heterocycles. The summed E-state index contributed by atoms with van der Waals surface area (Å²) in [6, 6.07) is 7.68. The van der Waals surface area contributed by atoms with Crippen molar-refractivity contribution in [1.29, 1.82) is 0 Å². The maximum Gasteiger partial charge on any atom is 0.251 e. The standard InChI is InChI=1S/C18H24N4OS/c1-6-19-17(23)15-9-7-8-14(10-15)11-24-18-20-13(3)12(2)16(21-18)22(4)5/h7-10H,6,11H2,1-5H3,(H,19,23). The predicted molar refractivity (Wildman–Crippen MR) is 99.8 cm³/mol. The summed E-state index contributed by atoms with van der Waals surface area (Å²) < 4.78 is 0. The molecular formula is C18H24N4OS. The van der Waals surface area contributed by atoms with E-state index in [1.165, 1.54) is 0 Å². The lowest BCUT2D eigenvalue weighted by atomic mass is 10.1. The molecule has 0 aliphatic rings. The van der Waals surface area contributed by atoms with Gasteiger partial charge in [0.1, 0.15) is 5.82 Å². The van der Waals surface area contributed by atoms with Crippen molar-refractivity contribution < 1.29 is 4.79 Å². The van der Waals surface area contributed by atoms with Gasteiger partial charge < -0.3 is 10.2 Å². The molecule has 2 aromatic rings. The Labute approximate surface area is 147 Å². The molecule has 24 heavy (non-hydrogen) atoms. The van der Waals surface area contributed by atoms with Gasteiger partial charge in [0.15, 0.2) is 5.16 Å². The number of aryl methyl sites for hydroxylation is 1. The van der Waals surface area contributed by atoms with Gasteiger partial charge in [-0.2, -0.15) is 0 Å². The minimum atomic E-state index is -0.0401. The van der Waals surface area contributed by atoms with Gasteiger partial charge in [-0.15, -0.1) is 0 Å². The number of carbonyl (C=O) groups excluding carboxylic acids is 1. The van der Waals surface area contributed by atoms with Crippen molar-refractivity contribution >= 4 is 23.5 Å². The summed E-state index contributed by atoms with van der Waals surface area (Å²) in [7, 11) is 3.97. The van der Waals surface area contributed by atoms with Crippen molar-refractivity contribution in [2.75, 3.05) is 25.5 Å². The highest BCUT2D eigenvalue weighted by molar-refractivity contribution is 7.98. The monoisotopic (exact) mass is 344 g/mol. The zero-order valence-corrected chi connectivity index (χ0v) is 15.7. The quantitative estimate of drug-likeness (QED) is 0.644. The van der Waals surface area contributed by atoms with E-state index in [0.29, 0.717) is 12.1 Å². The van der Waals surface area contributed by atoms with E-state index in [2.05, 4.69) is 15.3 Å². The van der Waals surface area contributed by atoms with Gasteiger partial charge >= 0.3 is 0 Å². The summed E-state index contributed by atoms with van der Waals surface area (Å²) in [5.41, 5.74) is 3.86. The smallest absolute Gasteiger partial charge is 0.251 e. The number of hydrogen-bond acceptors (Lipinski definition) is 5. The molecule has 1 amide bonds. The Bertz CT molecular complexity index is 731. The number of hydrogen-bond donors (Lipinski definition) is 1. The van der Waals surface area contributed by atoms with Crippen LogP contribution in [0.25, 0.3) is 0 Å². The summed E-state index contributed by atoms with van der Waals surface area (Å²) >= 11 is 1.58. The third-order valence-corrected chi connectivity index (χ3v) is 4.58. The van der Waals surface area contributed by atoms with Gasteiger partial charge in [0.2, 0.25) is 0 Å². The van der Waals surface area contributed by atoms with Gasteiger partial charge in [0, 0.05) is 43.2 Å². The maximum absolute atomic E-state index is 11.9. The molecule has 0 bridgehead atoms. The number of nitrogens with one attached hydrogen (secondary N) is 1. The van der Waals surface area contributed by atoms with Gasteiger partial charge in [0.25, 0.3) is 5.91 Å². The average molecular weight is 344 g/mol. The van der Waals surface area contributed by atoms with Crippen LogP contribution in [0.4, 0.5) is 5.82 Å². The second-order valence-electron chi connectivity index (χ2n) is 5.78. The lowest BCUT2D eigenvalue weighted by Crippen LogP contribution is -2.22. The second kappa shape index (κ2) is 8.15. The Morgan fingerprint density at radius 3 is 2.67 bits per heavy atom. The zero-order chi connectivity index (χ0) is 17.7. The molecule has 0 aliphatic carbocycles. The highest BCUT2D eigenvalue weighted by Crippen LogP contribution is 2.25. The Morgan fingerprint density at radius 2 is 2.00 bits per heavy atom. The van der Waals surface area contributed by atoms with Gasteiger partial charge in [-0.3, -0.25) is 4.79 Å². The first-order valence-corrected chi connectivity index (χ1v) is 8.93. The van der Waals surface area contributed by atoms with E-state index in [-0.39, 0.29) is 5.91 Å². The molecule has 0 spiro atoms. The van der Waals surface area contributed by atoms with E-state index in [0.717, 1.165) is 33.5 Å². The Morgan fingerprint density at radius 1 is 1.25 bits per heavy atom. The second-order valence-corrected chi connectivity index (χ2v) is 6.73. The lowest BCUT2D eigenvalue weighted by Gasteiger charge is -2.16. The third kappa shape index (κ3) is 4.47. The van der Waals surface area contributed by atoms with Crippen LogP contribution in [0.3, 0.4) is 0 Å². The summed E-state index contributed by atoms with van der Waals surface area (Å²) in [5, 5.41) is 3.58. The largest absolute Gasteiger partial charge is 0.362 e. The number of aromatic nitrogens is 2. The van der Waals surface area contributed by atoms with Crippen LogP contribution in [0.5, 0.6) is 0 Å². The first-order chi connectivity index (χ1) is 11.4. The molecule has 5 nitrogen and oxygen atoms in total. The summed E-state index contributed by atoms with van der Waals surface area (Å²) in [6.45, 7) is 6.58. The van der Waals surface area contributed by atoms with Crippen molar-refractivity contribution in [1.82, 2.24) is 15.3 Å². The first-order valence-electron chi connectivity index (χ1n) is 7.94. The van der Waals surface area contributed by atoms with Gasteiger partial charge in [-0.25, -0.2) is 9.97 Å². The zero-order valence-electron chi connectivity index (χ0n) is 14.9. The minimum Gasteiger partial charge on any atom is -0.362 e. The summed E-state index contributed by atoms with van der Waals surface area (Å²) in [5.74, 6) is 1.63. The SMILES string of the molecule is CCNC(=O)c1cccc(CSc2nc(C)c(C)c(N(C)C)n2)c1. The molecule has 0 fully saturated rings. The lowest BCUT2D eigenvalue weighted by molar-refractivity contribution is 0.0955. The number of amides is 1. The molecule has 0 radical (unpaired) electrons. The van der Waals surface area contributed by atoms with Crippen molar-refractivity contribution in [3.63, 3.8) is 0 Å². The molecule has 0 saturated heterocycles. The molecule has 1 aromatic heterocycles. The van der Waals surface area contributed by atoms with Crippen LogP contribution in [0.15, 0.2) is 29.4 Å². The van der Waals surface area contributed by atoms with Crippen molar-refractivity contribution in [3.8, 4) is 0 Å². The molecule has 128 valence electrons. The van der Waals surface area contributed by atoms with E-state index in [4.69, 9.17) is 0 Å². The first kappa shape index (κ1) is 18.3. The molecule has 0 unspecified atom stereocenters. The third-order valence-electron chi connectivity index (χ3n) is 3.66. The minimum absolute atomic E-state index is 0.0401. The van der Waals surface area contributed by atoms with Gasteiger partial charge in [0.05, 0.1) is 0 Å². The molecule has 0 aliphatic heterocycles. The number of anilines is 1. The van der Waals surface area contributed by atoms with Crippen LogP contribution in [-0.2, 0) is 5.75 Å². The van der Waals surface area contributed by atoms with E-state index in [1.807, 2.05) is 64.0 Å². The van der Waals surface area contributed by atoms with E-state index < -0.39 is 0 Å². The van der Waals surface area contributed by atoms with Crippen LogP contribution >= 0.6 is 11.8 Å². The topological polar surface area (TPSA) is 58.1 Å². The molecule has 2 rings (SSSR count). The highest BCUT2D eigenvalue weighted by atomic mass is 32.2. The van der Waals surface area contributed by atoms with Crippen LogP contribution in [0, 0.1) is 13.8 Å². The van der Waals surface area contributed by atoms with Crippen LogP contribution in [-0.4, -0.2) is 36.5 Å². The Hall–Kier alpha value is -2.08. The number of benzene rings is 1. The van der Waals surface area contributed by atoms with Crippen LogP contribution in [0.1, 0.15) is 34.1 Å². The molecular weight excluding hydrogens is 320 g/mol. The summed E-state index contributed by atoms with van der Waals surface area (Å²) in [6.07, 6.45) is 0. The molecule has 0 atom stereocenters. The van der Waals surface area contributed by atoms with Gasteiger partial charge in [-0.1, -0.05) is 23.9 Å². The molecule has 0 saturated carbocycles. The van der Waals surface area contributed by atoms with E-state index in [1.54, 1.807) is 11.8 Å². The van der Waals surface area contributed by atoms with Gasteiger partial charge in [-0.05, 0) is 38.5 Å². The van der Waals surface area contributed by atoms with E-state index >= 15 is 0 Å². The number of thioether (sulfide) groups is 1. The number of nitrogens with zero attached hydrogens (tertiary/aromatic N) is 3. The average Bonchev–Trinajstić information content (AvgIpc) is 2.56. The predicted octanol–water partition coefficient (Wildman–Crippen LogP) is 3.20. The number of carbonyl (C=O) groups is 1. The van der Waals surface area contributed by atoms with Crippen LogP contribution in [0.2, 0.25) is 0 Å². The Kier molecular flexibility index (Phi) is 6.20. The fourth-order valence-electron chi connectivity index (χ4n) is 2.30.